The van der Waals surface area contributed by atoms with Gasteiger partial charge in [0.05, 0.1) is 5.92 Å². The first-order valence-electron chi connectivity index (χ1n) is 8.80. The summed E-state index contributed by atoms with van der Waals surface area (Å²) in [7, 11) is 0. The maximum Gasteiger partial charge on any atom is 0.266 e. The lowest BCUT2D eigenvalue weighted by molar-refractivity contribution is 0.331. The van der Waals surface area contributed by atoms with E-state index in [1.165, 1.54) is 0 Å². The summed E-state index contributed by atoms with van der Waals surface area (Å²) in [6.07, 6.45) is 3.86. The van der Waals surface area contributed by atoms with Gasteiger partial charge in [-0.25, -0.2) is 0 Å². The quantitative estimate of drug-likeness (QED) is 0.704. The maximum atomic E-state index is 5.53. The van der Waals surface area contributed by atoms with Gasteiger partial charge in [0.15, 0.2) is 0 Å². The molecule has 1 aliphatic heterocycles. The molecule has 7 heteroatoms. The molecule has 1 aromatic carbocycles. The smallest absolute Gasteiger partial charge is 0.266 e. The van der Waals surface area contributed by atoms with Crippen LogP contribution in [0.4, 0.5) is 5.95 Å². The second kappa shape index (κ2) is 7.04. The molecule has 1 saturated heterocycles. The van der Waals surface area contributed by atoms with Crippen LogP contribution in [0.5, 0.6) is 0 Å². The topological polar surface area (TPSA) is 81.1 Å². The Balaban J connectivity index is 1.48. The highest BCUT2D eigenvalue weighted by atomic mass is 16.5. The standard InChI is InChI=1S/C18H21N5O2/c1-2-7-15-19-18(22-24-15)23-11-6-10-14(12-23)17-20-16(21-25-17)13-8-4-3-5-9-13/h3-5,8-9,14H,2,6-7,10-12H2,1H3/t14-/m1/s1. The number of benzene rings is 1. The highest BCUT2D eigenvalue weighted by Crippen LogP contribution is 2.29. The first-order chi connectivity index (χ1) is 12.3. The Kier molecular flexibility index (Phi) is 4.45. The van der Waals surface area contributed by atoms with E-state index in [1.807, 2.05) is 30.3 Å². The molecule has 3 aromatic rings. The number of aromatic nitrogens is 4. The van der Waals surface area contributed by atoms with E-state index in [0.717, 1.165) is 44.3 Å². The molecule has 0 saturated carbocycles. The highest BCUT2D eigenvalue weighted by Gasteiger charge is 2.28. The van der Waals surface area contributed by atoms with Crippen molar-refractivity contribution in [3.8, 4) is 11.4 Å². The largest absolute Gasteiger partial charge is 0.339 e. The van der Waals surface area contributed by atoms with Crippen molar-refractivity contribution in [2.24, 2.45) is 0 Å². The van der Waals surface area contributed by atoms with Crippen molar-refractivity contribution in [3.05, 3.63) is 42.1 Å². The molecule has 0 radical (unpaired) electrons. The van der Waals surface area contributed by atoms with Crippen molar-refractivity contribution < 1.29 is 9.05 Å². The average molecular weight is 339 g/mol. The molecule has 1 fully saturated rings. The van der Waals surface area contributed by atoms with Crippen molar-refractivity contribution in [3.63, 3.8) is 0 Å². The van der Waals surface area contributed by atoms with Crippen LogP contribution < -0.4 is 4.90 Å². The summed E-state index contributed by atoms with van der Waals surface area (Å²) in [6.45, 7) is 3.78. The summed E-state index contributed by atoms with van der Waals surface area (Å²) in [5.41, 5.74) is 0.965. The van der Waals surface area contributed by atoms with Gasteiger partial charge in [0.2, 0.25) is 17.6 Å². The van der Waals surface area contributed by atoms with E-state index in [-0.39, 0.29) is 5.92 Å². The molecule has 0 aliphatic carbocycles. The zero-order valence-electron chi connectivity index (χ0n) is 14.3. The van der Waals surface area contributed by atoms with E-state index in [9.17, 15) is 0 Å². The van der Waals surface area contributed by atoms with E-state index in [4.69, 9.17) is 9.05 Å². The van der Waals surface area contributed by atoms with Gasteiger partial charge in [-0.1, -0.05) is 42.4 Å². The second-order valence-electron chi connectivity index (χ2n) is 6.35. The van der Waals surface area contributed by atoms with Crippen LogP contribution in [-0.2, 0) is 6.42 Å². The van der Waals surface area contributed by atoms with Crippen LogP contribution >= 0.6 is 0 Å². The van der Waals surface area contributed by atoms with Crippen molar-refractivity contribution >= 4 is 5.95 Å². The first kappa shape index (κ1) is 15.8. The van der Waals surface area contributed by atoms with Crippen molar-refractivity contribution in [1.29, 1.82) is 0 Å². The number of aryl methyl sites for hydroxylation is 1. The van der Waals surface area contributed by atoms with Crippen LogP contribution in [-0.4, -0.2) is 33.4 Å². The Morgan fingerprint density at radius 3 is 2.84 bits per heavy atom. The van der Waals surface area contributed by atoms with Crippen LogP contribution in [0.2, 0.25) is 0 Å². The van der Waals surface area contributed by atoms with Crippen LogP contribution in [0.1, 0.15) is 43.9 Å². The molecule has 0 spiro atoms. The lowest BCUT2D eigenvalue weighted by atomic mass is 9.98. The van der Waals surface area contributed by atoms with Gasteiger partial charge in [0.1, 0.15) is 0 Å². The third kappa shape index (κ3) is 3.40. The zero-order valence-corrected chi connectivity index (χ0v) is 14.3. The molecule has 0 amide bonds. The second-order valence-corrected chi connectivity index (χ2v) is 6.35. The first-order valence-corrected chi connectivity index (χ1v) is 8.80. The van der Waals surface area contributed by atoms with E-state index >= 15 is 0 Å². The van der Waals surface area contributed by atoms with Crippen molar-refractivity contribution in [1.82, 2.24) is 20.3 Å². The SMILES string of the molecule is CCCc1nc(N2CCC[C@@H](c3nc(-c4ccccc4)no3)C2)no1. The third-order valence-electron chi connectivity index (χ3n) is 4.45. The molecule has 1 atom stereocenters. The fraction of sp³-hybridized carbons (Fsp3) is 0.444. The van der Waals surface area contributed by atoms with Gasteiger partial charge in [0.25, 0.3) is 5.95 Å². The number of nitrogens with zero attached hydrogens (tertiary/aromatic N) is 5. The number of piperidine rings is 1. The summed E-state index contributed by atoms with van der Waals surface area (Å²) in [5.74, 6) is 2.87. The predicted octanol–water partition coefficient (Wildman–Crippen LogP) is 3.46. The van der Waals surface area contributed by atoms with Gasteiger partial charge in [0, 0.05) is 25.1 Å². The lowest BCUT2D eigenvalue weighted by Gasteiger charge is -2.29. The number of anilines is 1. The Labute approximate surface area is 146 Å². The molecular formula is C18H21N5O2. The van der Waals surface area contributed by atoms with Gasteiger partial charge in [-0.3, -0.25) is 0 Å². The summed E-state index contributed by atoms with van der Waals surface area (Å²) in [6, 6.07) is 9.88. The molecule has 3 heterocycles. The fourth-order valence-electron chi connectivity index (χ4n) is 3.16. The van der Waals surface area contributed by atoms with Crippen LogP contribution in [0.3, 0.4) is 0 Å². The molecule has 0 bridgehead atoms. The number of rotatable bonds is 5. The minimum absolute atomic E-state index is 0.187. The Bertz CT molecular complexity index is 814. The van der Waals surface area contributed by atoms with Crippen molar-refractivity contribution in [2.75, 3.05) is 18.0 Å². The minimum Gasteiger partial charge on any atom is -0.339 e. The molecule has 25 heavy (non-hydrogen) atoms. The molecule has 130 valence electrons. The molecule has 2 aromatic heterocycles. The summed E-state index contributed by atoms with van der Waals surface area (Å²) >= 11 is 0. The number of hydrogen-bond acceptors (Lipinski definition) is 7. The van der Waals surface area contributed by atoms with Crippen LogP contribution in [0, 0.1) is 0 Å². The van der Waals surface area contributed by atoms with Crippen LogP contribution in [0.25, 0.3) is 11.4 Å². The predicted molar refractivity (Wildman–Crippen MR) is 92.2 cm³/mol. The maximum absolute atomic E-state index is 5.53. The van der Waals surface area contributed by atoms with E-state index < -0.39 is 0 Å². The van der Waals surface area contributed by atoms with Gasteiger partial charge in [-0.05, 0) is 24.4 Å². The third-order valence-corrected chi connectivity index (χ3v) is 4.45. The molecular weight excluding hydrogens is 318 g/mol. The van der Waals surface area contributed by atoms with Gasteiger partial charge in [-0.2, -0.15) is 9.97 Å². The van der Waals surface area contributed by atoms with Gasteiger partial charge in [-0.15, -0.1) is 0 Å². The number of hydrogen-bond donors (Lipinski definition) is 0. The fourth-order valence-corrected chi connectivity index (χ4v) is 3.16. The molecule has 0 unspecified atom stereocenters. The molecule has 1 aliphatic rings. The highest BCUT2D eigenvalue weighted by molar-refractivity contribution is 5.53. The Hall–Kier alpha value is -2.70. The zero-order chi connectivity index (χ0) is 17.1. The average Bonchev–Trinajstić information content (AvgIpc) is 3.33. The Morgan fingerprint density at radius 1 is 1.12 bits per heavy atom. The monoisotopic (exact) mass is 339 g/mol. The van der Waals surface area contributed by atoms with Gasteiger partial charge >= 0.3 is 0 Å². The summed E-state index contributed by atoms with van der Waals surface area (Å²) in [5, 5.41) is 8.25. The molecule has 4 rings (SSSR count). The summed E-state index contributed by atoms with van der Waals surface area (Å²) in [4.78, 5) is 11.2. The van der Waals surface area contributed by atoms with Crippen LogP contribution in [0.15, 0.2) is 39.4 Å². The van der Waals surface area contributed by atoms with Gasteiger partial charge < -0.3 is 13.9 Å². The summed E-state index contributed by atoms with van der Waals surface area (Å²) < 4.78 is 10.8. The normalized spacial score (nSPS) is 17.8. The minimum atomic E-state index is 0.187. The molecule has 0 N–H and O–H groups in total. The van der Waals surface area contributed by atoms with E-state index in [1.54, 1.807) is 0 Å². The lowest BCUT2D eigenvalue weighted by Crippen LogP contribution is -2.35. The van der Waals surface area contributed by atoms with E-state index in [0.29, 0.717) is 23.6 Å². The van der Waals surface area contributed by atoms with Crippen molar-refractivity contribution in [2.45, 2.75) is 38.5 Å². The molecule has 7 nitrogen and oxygen atoms in total. The van der Waals surface area contributed by atoms with E-state index in [2.05, 4.69) is 32.1 Å². The Morgan fingerprint density at radius 2 is 2.00 bits per heavy atom.